The van der Waals surface area contributed by atoms with Crippen LogP contribution in [0.2, 0.25) is 0 Å². The predicted molar refractivity (Wildman–Crippen MR) is 131 cm³/mol. The van der Waals surface area contributed by atoms with E-state index in [1.54, 1.807) is 0 Å². The van der Waals surface area contributed by atoms with E-state index in [-0.39, 0.29) is 23.7 Å². The molecule has 0 unspecified atom stereocenters. The van der Waals surface area contributed by atoms with Crippen molar-refractivity contribution in [2.24, 2.45) is 35.5 Å². The Kier molecular flexibility index (Phi) is 5.48. The number of hydrogen-bond donors (Lipinski definition) is 2. The molecule has 0 aromatic heterocycles. The second-order valence-electron chi connectivity index (χ2n) is 11.1. The molecule has 4 bridgehead atoms. The number of nitrogens with one attached hydrogen (secondary N) is 2. The van der Waals surface area contributed by atoms with Crippen LogP contribution >= 0.6 is 0 Å². The van der Waals surface area contributed by atoms with Crippen LogP contribution in [0.1, 0.15) is 62.5 Å². The van der Waals surface area contributed by atoms with Gasteiger partial charge in [0.25, 0.3) is 0 Å². The van der Waals surface area contributed by atoms with Crippen molar-refractivity contribution in [1.29, 1.82) is 0 Å². The Balaban J connectivity index is 1.01. The molecule has 4 heteroatoms. The van der Waals surface area contributed by atoms with Crippen molar-refractivity contribution >= 4 is 23.2 Å². The van der Waals surface area contributed by atoms with Gasteiger partial charge in [-0.15, -0.1) is 0 Å². The van der Waals surface area contributed by atoms with E-state index in [1.807, 2.05) is 24.3 Å². The summed E-state index contributed by atoms with van der Waals surface area (Å²) >= 11 is 0. The molecule has 172 valence electrons. The number of carbonyl (C=O) groups is 2. The lowest BCUT2D eigenvalue weighted by atomic mass is 9.88. The molecule has 0 aliphatic heterocycles. The van der Waals surface area contributed by atoms with Gasteiger partial charge in [-0.25, -0.2) is 0 Å². The first kappa shape index (κ1) is 20.9. The van der Waals surface area contributed by atoms with Crippen molar-refractivity contribution in [3.8, 4) is 0 Å². The van der Waals surface area contributed by atoms with Crippen molar-refractivity contribution in [1.82, 2.24) is 0 Å². The molecule has 2 amide bonds. The highest BCUT2D eigenvalue weighted by molar-refractivity contribution is 5.93. The fourth-order valence-corrected chi connectivity index (χ4v) is 7.25. The third-order valence-electron chi connectivity index (χ3n) is 9.00. The summed E-state index contributed by atoms with van der Waals surface area (Å²) in [6.07, 6.45) is 10.6. The third kappa shape index (κ3) is 4.32. The van der Waals surface area contributed by atoms with Gasteiger partial charge in [-0.2, -0.15) is 0 Å². The lowest BCUT2D eigenvalue weighted by Gasteiger charge is -2.21. The first-order valence-corrected chi connectivity index (χ1v) is 12.9. The number of amides is 2. The van der Waals surface area contributed by atoms with Crippen LogP contribution in [0.15, 0.2) is 48.5 Å². The van der Waals surface area contributed by atoms with Crippen molar-refractivity contribution in [3.63, 3.8) is 0 Å². The Morgan fingerprint density at radius 3 is 1.36 bits per heavy atom. The standard InChI is InChI=1S/C29H34N2O2/c32-28(26-16-20-1-7-22(26)14-20)30-24-9-3-18(4-10-24)13-19-5-11-25(12-6-19)31-29(33)27-17-21-2-8-23(27)15-21/h3-6,9-12,20-23,26-27H,1-2,7-8,13-17H2,(H,30,32)(H,31,33)/t20-,21-,22-,23-,26-,27+/m1/s1. The molecule has 0 spiro atoms. The summed E-state index contributed by atoms with van der Waals surface area (Å²) in [6.45, 7) is 0. The van der Waals surface area contributed by atoms with Gasteiger partial charge in [-0.3, -0.25) is 9.59 Å². The quantitative estimate of drug-likeness (QED) is 0.574. The number of rotatable bonds is 6. The Bertz CT molecular complexity index is 945. The Labute approximate surface area is 196 Å². The van der Waals surface area contributed by atoms with Crippen LogP contribution in [0.3, 0.4) is 0 Å². The van der Waals surface area contributed by atoms with Crippen LogP contribution in [0, 0.1) is 35.5 Å². The maximum Gasteiger partial charge on any atom is 0.227 e. The van der Waals surface area contributed by atoms with Crippen LogP contribution in [0.5, 0.6) is 0 Å². The number of carbonyl (C=O) groups excluding carboxylic acids is 2. The molecule has 0 heterocycles. The average Bonchev–Trinajstić information content (AvgIpc) is 3.63. The molecule has 4 aliphatic carbocycles. The van der Waals surface area contributed by atoms with Crippen molar-refractivity contribution in [2.75, 3.05) is 10.6 Å². The summed E-state index contributed by atoms with van der Waals surface area (Å²) in [6, 6.07) is 16.5. The fraction of sp³-hybridized carbons (Fsp3) is 0.517. The zero-order valence-corrected chi connectivity index (χ0v) is 19.3. The molecule has 4 nitrogen and oxygen atoms in total. The first-order chi connectivity index (χ1) is 16.1. The third-order valence-corrected chi connectivity index (χ3v) is 9.00. The Morgan fingerprint density at radius 2 is 1.03 bits per heavy atom. The molecule has 0 radical (unpaired) electrons. The molecular formula is C29H34N2O2. The van der Waals surface area contributed by atoms with E-state index in [9.17, 15) is 9.59 Å². The lowest BCUT2D eigenvalue weighted by Crippen LogP contribution is -2.27. The monoisotopic (exact) mass is 442 g/mol. The topological polar surface area (TPSA) is 58.2 Å². The zero-order chi connectivity index (χ0) is 22.4. The number of fused-ring (bicyclic) bond motifs is 4. The van der Waals surface area contributed by atoms with Gasteiger partial charge in [0.2, 0.25) is 11.8 Å². The molecule has 0 saturated heterocycles. The summed E-state index contributed by atoms with van der Waals surface area (Å²) in [5.41, 5.74) is 4.22. The van der Waals surface area contributed by atoms with Gasteiger partial charge in [-0.1, -0.05) is 37.1 Å². The largest absolute Gasteiger partial charge is 0.326 e. The highest BCUT2D eigenvalue weighted by Crippen LogP contribution is 2.49. The number of benzene rings is 2. The molecule has 2 N–H and O–H groups in total. The van der Waals surface area contributed by atoms with E-state index in [0.29, 0.717) is 11.8 Å². The highest BCUT2D eigenvalue weighted by Gasteiger charge is 2.43. The van der Waals surface area contributed by atoms with Crippen molar-refractivity contribution in [2.45, 2.75) is 57.8 Å². The first-order valence-electron chi connectivity index (χ1n) is 12.9. The molecular weight excluding hydrogens is 408 g/mol. The lowest BCUT2D eigenvalue weighted by molar-refractivity contribution is -0.122. The van der Waals surface area contributed by atoms with Gasteiger partial charge in [0, 0.05) is 23.2 Å². The zero-order valence-electron chi connectivity index (χ0n) is 19.3. The van der Waals surface area contributed by atoms with E-state index >= 15 is 0 Å². The van der Waals surface area contributed by atoms with Crippen LogP contribution in [0.25, 0.3) is 0 Å². The molecule has 2 aromatic rings. The maximum atomic E-state index is 12.7. The smallest absolute Gasteiger partial charge is 0.227 e. The molecule has 33 heavy (non-hydrogen) atoms. The van der Waals surface area contributed by atoms with Gasteiger partial charge in [-0.05, 0) is 104 Å². The number of hydrogen-bond acceptors (Lipinski definition) is 2. The minimum absolute atomic E-state index is 0.206. The van der Waals surface area contributed by atoms with E-state index in [2.05, 4.69) is 34.9 Å². The van der Waals surface area contributed by atoms with E-state index in [1.165, 1.54) is 49.7 Å². The SMILES string of the molecule is O=C(Nc1ccc(Cc2ccc(NC(=O)[C@@H]3C[C@@H]4CC[C@@H]3C4)cc2)cc1)[C@H]1C[C@@H]2CC[C@@H]1C2. The highest BCUT2D eigenvalue weighted by atomic mass is 16.2. The maximum absolute atomic E-state index is 12.7. The van der Waals surface area contributed by atoms with E-state index < -0.39 is 0 Å². The van der Waals surface area contributed by atoms with Gasteiger partial charge in [0.1, 0.15) is 0 Å². The van der Waals surface area contributed by atoms with Crippen molar-refractivity contribution < 1.29 is 9.59 Å². The van der Waals surface area contributed by atoms with Gasteiger partial charge < -0.3 is 10.6 Å². The van der Waals surface area contributed by atoms with Gasteiger partial charge >= 0.3 is 0 Å². The fourth-order valence-electron chi connectivity index (χ4n) is 7.25. The van der Waals surface area contributed by atoms with Crippen LogP contribution < -0.4 is 10.6 Å². The van der Waals surface area contributed by atoms with Crippen LogP contribution in [0.4, 0.5) is 11.4 Å². The van der Waals surface area contributed by atoms with Crippen molar-refractivity contribution in [3.05, 3.63) is 59.7 Å². The summed E-state index contributed by atoms with van der Waals surface area (Å²) in [5, 5.41) is 6.28. The molecule has 4 fully saturated rings. The van der Waals surface area contributed by atoms with Crippen LogP contribution in [-0.2, 0) is 16.0 Å². The van der Waals surface area contributed by atoms with E-state index in [0.717, 1.165) is 42.5 Å². The predicted octanol–water partition coefficient (Wildman–Crippen LogP) is 6.03. The van der Waals surface area contributed by atoms with E-state index in [4.69, 9.17) is 0 Å². The minimum atomic E-state index is 0.206. The van der Waals surface area contributed by atoms with Gasteiger partial charge in [0.05, 0.1) is 0 Å². The molecule has 6 atom stereocenters. The summed E-state index contributed by atoms with van der Waals surface area (Å²) < 4.78 is 0. The van der Waals surface area contributed by atoms with Gasteiger partial charge in [0.15, 0.2) is 0 Å². The molecule has 4 aliphatic rings. The average molecular weight is 443 g/mol. The normalized spacial score (nSPS) is 31.6. The minimum Gasteiger partial charge on any atom is -0.326 e. The number of anilines is 2. The molecule has 4 saturated carbocycles. The summed E-state index contributed by atoms with van der Waals surface area (Å²) in [7, 11) is 0. The molecule has 6 rings (SSSR count). The van der Waals surface area contributed by atoms with Crippen LogP contribution in [-0.4, -0.2) is 11.8 Å². The summed E-state index contributed by atoms with van der Waals surface area (Å²) in [5.74, 6) is 3.62. The second-order valence-corrected chi connectivity index (χ2v) is 11.1. The Hall–Kier alpha value is -2.62. The Morgan fingerprint density at radius 1 is 0.606 bits per heavy atom. The second kappa shape index (κ2) is 8.62. The summed E-state index contributed by atoms with van der Waals surface area (Å²) in [4.78, 5) is 25.3. The molecule has 2 aromatic carbocycles.